The maximum absolute atomic E-state index is 4.95. The fraction of sp³-hybridized carbons (Fsp3) is 1.00. The van der Waals surface area contributed by atoms with Crippen molar-refractivity contribution in [2.75, 3.05) is 27.3 Å². The molecule has 2 heteroatoms. The van der Waals surface area contributed by atoms with E-state index in [1.54, 1.807) is 7.11 Å². The zero-order valence-corrected chi connectivity index (χ0v) is 8.26. The van der Waals surface area contributed by atoms with Crippen LogP contribution in [0.2, 0.25) is 0 Å². The molecule has 0 saturated heterocycles. The first-order chi connectivity index (χ1) is 5.34. The molecule has 0 aliphatic heterocycles. The van der Waals surface area contributed by atoms with Crippen LogP contribution in [0.15, 0.2) is 0 Å². The van der Waals surface area contributed by atoms with Crippen molar-refractivity contribution in [1.82, 2.24) is 4.90 Å². The molecule has 0 N–H and O–H groups in total. The Kier molecular flexibility index (Phi) is 6.57. The Morgan fingerprint density at radius 3 is 2.27 bits per heavy atom. The van der Waals surface area contributed by atoms with Gasteiger partial charge in [0.05, 0.1) is 6.61 Å². The first-order valence-corrected chi connectivity index (χ1v) is 4.54. The lowest BCUT2D eigenvalue weighted by atomic mass is 10.5. The van der Waals surface area contributed by atoms with Crippen LogP contribution >= 0.6 is 0 Å². The predicted octanol–water partition coefficient (Wildman–Crippen LogP) is 1.75. The van der Waals surface area contributed by atoms with Gasteiger partial charge in [0.2, 0.25) is 0 Å². The summed E-state index contributed by atoms with van der Waals surface area (Å²) in [4.78, 5) is 2.36. The van der Waals surface area contributed by atoms with Gasteiger partial charge in [-0.25, -0.2) is 0 Å². The number of hydrogen-bond acceptors (Lipinski definition) is 2. The summed E-state index contributed by atoms with van der Waals surface area (Å²) >= 11 is 0. The summed E-state index contributed by atoms with van der Waals surface area (Å²) in [7, 11) is 3.91. The van der Waals surface area contributed by atoms with Gasteiger partial charge in [0.15, 0.2) is 0 Å². The lowest BCUT2D eigenvalue weighted by Crippen LogP contribution is -2.24. The first kappa shape index (κ1) is 10.9. The molecule has 68 valence electrons. The van der Waals surface area contributed by atoms with E-state index in [-0.39, 0.29) is 0 Å². The highest BCUT2D eigenvalue weighted by atomic mass is 16.5. The Bertz CT molecular complexity index is 81.6. The number of methoxy groups -OCH3 is 1. The van der Waals surface area contributed by atoms with E-state index in [4.69, 9.17) is 4.74 Å². The predicted molar refractivity (Wildman–Crippen MR) is 48.9 cm³/mol. The zero-order valence-electron chi connectivity index (χ0n) is 8.26. The molecule has 2 nitrogen and oxygen atoms in total. The molecule has 1 aliphatic rings. The van der Waals surface area contributed by atoms with Crippen LogP contribution in [0.25, 0.3) is 0 Å². The molecule has 0 bridgehead atoms. The number of ether oxygens (including phenoxy) is 1. The van der Waals surface area contributed by atoms with Crippen molar-refractivity contribution >= 4 is 0 Å². The maximum atomic E-state index is 4.95. The van der Waals surface area contributed by atoms with Crippen molar-refractivity contribution in [2.45, 2.75) is 32.7 Å². The Hall–Kier alpha value is -0.0800. The average Bonchev–Trinajstić information content (AvgIpc) is 2.86. The third kappa shape index (κ3) is 5.22. The molecular formula is C9H21NO. The minimum absolute atomic E-state index is 0.868. The van der Waals surface area contributed by atoms with E-state index in [2.05, 4.69) is 11.9 Å². The molecule has 1 rings (SSSR count). The van der Waals surface area contributed by atoms with Crippen LogP contribution in [0.3, 0.4) is 0 Å². The van der Waals surface area contributed by atoms with E-state index in [0.717, 1.165) is 19.2 Å². The maximum Gasteiger partial charge on any atom is 0.0589 e. The summed E-state index contributed by atoms with van der Waals surface area (Å²) in [6.07, 6.45) is 2.78. The van der Waals surface area contributed by atoms with Crippen LogP contribution < -0.4 is 0 Å². The molecular weight excluding hydrogens is 138 g/mol. The van der Waals surface area contributed by atoms with Crippen molar-refractivity contribution in [3.8, 4) is 0 Å². The van der Waals surface area contributed by atoms with Gasteiger partial charge in [-0.15, -0.1) is 0 Å². The number of nitrogens with zero attached hydrogens (tertiary/aromatic N) is 1. The Balaban J connectivity index is 0.000000461. The lowest BCUT2D eigenvalue weighted by Gasteiger charge is -2.13. The molecule has 0 spiro atoms. The fourth-order valence-corrected chi connectivity index (χ4v) is 0.933. The highest BCUT2D eigenvalue weighted by Crippen LogP contribution is 2.24. The molecule has 0 amide bonds. The van der Waals surface area contributed by atoms with E-state index in [0.29, 0.717) is 0 Å². The van der Waals surface area contributed by atoms with Gasteiger partial charge in [-0.3, -0.25) is 0 Å². The summed E-state index contributed by atoms with van der Waals surface area (Å²) in [5.41, 5.74) is 0. The van der Waals surface area contributed by atoms with Gasteiger partial charge >= 0.3 is 0 Å². The molecule has 1 saturated carbocycles. The molecule has 11 heavy (non-hydrogen) atoms. The summed E-state index contributed by atoms with van der Waals surface area (Å²) < 4.78 is 4.95. The molecule has 0 unspecified atom stereocenters. The molecule has 0 radical (unpaired) electrons. The summed E-state index contributed by atoms with van der Waals surface area (Å²) in [5.74, 6) is 0. The third-order valence-corrected chi connectivity index (χ3v) is 1.82. The quantitative estimate of drug-likeness (QED) is 0.619. The van der Waals surface area contributed by atoms with Gasteiger partial charge in [0.25, 0.3) is 0 Å². The van der Waals surface area contributed by atoms with Gasteiger partial charge in [0.1, 0.15) is 0 Å². The summed E-state index contributed by atoms with van der Waals surface area (Å²) in [6, 6.07) is 0.875. The second-order valence-corrected chi connectivity index (χ2v) is 2.70. The first-order valence-electron chi connectivity index (χ1n) is 4.54. The Morgan fingerprint density at radius 2 is 1.91 bits per heavy atom. The van der Waals surface area contributed by atoms with Crippen LogP contribution in [0.5, 0.6) is 0 Å². The van der Waals surface area contributed by atoms with Crippen LogP contribution in [0.1, 0.15) is 26.7 Å². The van der Waals surface area contributed by atoms with E-state index in [9.17, 15) is 0 Å². The fourth-order valence-electron chi connectivity index (χ4n) is 0.933. The van der Waals surface area contributed by atoms with E-state index in [1.807, 2.05) is 13.8 Å². The molecule has 0 atom stereocenters. The SMILES string of the molecule is CC.COCCN(C)C1CC1. The molecule has 1 fully saturated rings. The Morgan fingerprint density at radius 1 is 1.36 bits per heavy atom. The lowest BCUT2D eigenvalue weighted by molar-refractivity contribution is 0.158. The smallest absolute Gasteiger partial charge is 0.0589 e. The number of rotatable bonds is 4. The Labute approximate surface area is 70.5 Å². The molecule has 0 aromatic rings. The van der Waals surface area contributed by atoms with Crippen molar-refractivity contribution in [3.63, 3.8) is 0 Å². The van der Waals surface area contributed by atoms with Crippen molar-refractivity contribution in [1.29, 1.82) is 0 Å². The van der Waals surface area contributed by atoms with Crippen LogP contribution in [-0.2, 0) is 4.74 Å². The van der Waals surface area contributed by atoms with Crippen molar-refractivity contribution in [3.05, 3.63) is 0 Å². The van der Waals surface area contributed by atoms with E-state index < -0.39 is 0 Å². The summed E-state index contributed by atoms with van der Waals surface area (Å²) in [6.45, 7) is 5.95. The second kappa shape index (κ2) is 6.62. The minimum Gasteiger partial charge on any atom is -0.383 e. The standard InChI is InChI=1S/C7H15NO.C2H6/c1-8(5-6-9-2)7-3-4-7;1-2/h7H,3-6H2,1-2H3;1-2H3. The van der Waals surface area contributed by atoms with Crippen LogP contribution in [0.4, 0.5) is 0 Å². The van der Waals surface area contributed by atoms with E-state index >= 15 is 0 Å². The molecule has 0 aromatic carbocycles. The largest absolute Gasteiger partial charge is 0.383 e. The topological polar surface area (TPSA) is 12.5 Å². The number of likely N-dealkylation sites (N-methyl/N-ethyl adjacent to an activating group) is 1. The highest BCUT2D eigenvalue weighted by Gasteiger charge is 2.25. The van der Waals surface area contributed by atoms with Gasteiger partial charge < -0.3 is 9.64 Å². The van der Waals surface area contributed by atoms with E-state index in [1.165, 1.54) is 12.8 Å². The summed E-state index contributed by atoms with van der Waals surface area (Å²) in [5, 5.41) is 0. The minimum atomic E-state index is 0.868. The monoisotopic (exact) mass is 159 g/mol. The van der Waals surface area contributed by atoms with Crippen molar-refractivity contribution < 1.29 is 4.74 Å². The van der Waals surface area contributed by atoms with Gasteiger partial charge in [0, 0.05) is 19.7 Å². The van der Waals surface area contributed by atoms with Crippen molar-refractivity contribution in [2.24, 2.45) is 0 Å². The van der Waals surface area contributed by atoms with Gasteiger partial charge in [-0.05, 0) is 19.9 Å². The molecule has 1 aliphatic carbocycles. The van der Waals surface area contributed by atoms with Crippen LogP contribution in [-0.4, -0.2) is 38.3 Å². The van der Waals surface area contributed by atoms with Crippen LogP contribution in [0, 0.1) is 0 Å². The highest BCUT2D eigenvalue weighted by molar-refractivity contribution is 4.81. The zero-order chi connectivity index (χ0) is 8.69. The molecule has 0 heterocycles. The average molecular weight is 159 g/mol. The number of hydrogen-bond donors (Lipinski definition) is 0. The molecule has 0 aromatic heterocycles. The van der Waals surface area contributed by atoms with Gasteiger partial charge in [-0.1, -0.05) is 13.8 Å². The normalized spacial score (nSPS) is 16.1. The third-order valence-electron chi connectivity index (χ3n) is 1.82. The second-order valence-electron chi connectivity index (χ2n) is 2.70. The van der Waals surface area contributed by atoms with Gasteiger partial charge in [-0.2, -0.15) is 0 Å².